The number of rotatable bonds is 7. The molecule has 3 aromatic carbocycles. The van der Waals surface area contributed by atoms with Crippen LogP contribution in [0.2, 0.25) is 5.28 Å². The van der Waals surface area contributed by atoms with E-state index in [2.05, 4.69) is 69.5 Å². The molecule has 0 unspecified atom stereocenters. The van der Waals surface area contributed by atoms with Crippen molar-refractivity contribution in [1.29, 1.82) is 0 Å². The summed E-state index contributed by atoms with van der Waals surface area (Å²) in [4.78, 5) is 22.7. The van der Waals surface area contributed by atoms with Crippen LogP contribution < -0.4 is 20.4 Å². The van der Waals surface area contributed by atoms with Gasteiger partial charge < -0.3 is 24.9 Å². The van der Waals surface area contributed by atoms with Gasteiger partial charge in [0, 0.05) is 79.4 Å². The molecule has 0 radical (unpaired) electrons. The van der Waals surface area contributed by atoms with E-state index in [0.717, 1.165) is 75.6 Å². The smallest absolute Gasteiger partial charge is 0.247 e. The minimum Gasteiger partial charge on any atom is -0.421 e. The zero-order valence-corrected chi connectivity index (χ0v) is 32.8. The van der Waals surface area contributed by atoms with Gasteiger partial charge in [0.15, 0.2) is 0 Å². The second kappa shape index (κ2) is 14.5. The highest BCUT2D eigenvalue weighted by Gasteiger charge is 2.41. The van der Waals surface area contributed by atoms with Crippen LogP contribution in [0, 0.1) is 25.5 Å². The lowest BCUT2D eigenvalue weighted by molar-refractivity contribution is 0.532. The lowest BCUT2D eigenvalue weighted by Gasteiger charge is -2.21. The number of nitrogens with zero attached hydrogens (tertiary/aromatic N) is 8. The molecule has 2 aliphatic heterocycles. The highest BCUT2D eigenvalue weighted by Crippen LogP contribution is 2.47. The van der Waals surface area contributed by atoms with Gasteiger partial charge in [-0.25, -0.2) is 23.7 Å². The summed E-state index contributed by atoms with van der Waals surface area (Å²) in [5.41, 5.74) is 6.65. The molecule has 0 atom stereocenters. The molecule has 0 amide bonds. The number of hydrogen-bond donors (Lipinski definition) is 2. The molecule has 0 saturated carbocycles. The minimum atomic E-state index is -0.255. The fraction of sp³-hybridized carbons (Fsp3) is 0.317. The summed E-state index contributed by atoms with van der Waals surface area (Å²) in [6.07, 6.45) is 0.573. The number of anilines is 6. The van der Waals surface area contributed by atoms with Crippen LogP contribution in [0.3, 0.4) is 0 Å². The summed E-state index contributed by atoms with van der Waals surface area (Å²) in [6.45, 7) is 13.9. The second-order valence-corrected chi connectivity index (χ2v) is 15.4. The van der Waals surface area contributed by atoms with Crippen LogP contribution >= 0.6 is 11.6 Å². The van der Waals surface area contributed by atoms with E-state index < -0.39 is 0 Å². The van der Waals surface area contributed by atoms with Crippen LogP contribution in [0.1, 0.15) is 61.7 Å². The second-order valence-electron chi connectivity index (χ2n) is 15.1. The Bertz CT molecular complexity index is 2360. The van der Waals surface area contributed by atoms with Gasteiger partial charge in [-0.15, -0.1) is 10.2 Å². The van der Waals surface area contributed by atoms with Gasteiger partial charge >= 0.3 is 0 Å². The van der Waals surface area contributed by atoms with Crippen molar-refractivity contribution in [2.75, 3.05) is 47.6 Å². The zero-order valence-electron chi connectivity index (χ0n) is 32.1. The standard InChI is InChI=1S/C26H27FN6O.C15H16ClFN4/c1-15-12-17(6-11-20(15)25-32-31-16(2)34-25)13-21-29-23(28-5)22-24(30-21)33(14-26(22,3)4)19-9-7-18(27)8-10-19;1-15(2)8-21(10-6-4-9(17)5-7-10)13-11(15)12(18-3)19-14(16)20-13/h6-12H,13-14H2,1-5H3,(H,28,29,30);4-7H,8H2,1-3H3,(H,18,19,20). The molecular weight excluding hydrogens is 722 g/mol. The predicted octanol–water partition coefficient (Wildman–Crippen LogP) is 9.08. The number of benzene rings is 3. The molecule has 55 heavy (non-hydrogen) atoms. The molecule has 0 aliphatic carbocycles. The van der Waals surface area contributed by atoms with Gasteiger partial charge in [-0.05, 0) is 84.2 Å². The third-order valence-corrected chi connectivity index (χ3v) is 10.1. The van der Waals surface area contributed by atoms with Gasteiger partial charge in [0.05, 0.1) is 0 Å². The van der Waals surface area contributed by atoms with Gasteiger partial charge in [-0.1, -0.05) is 39.8 Å². The maximum atomic E-state index is 13.5. The summed E-state index contributed by atoms with van der Waals surface area (Å²) < 4.78 is 32.3. The van der Waals surface area contributed by atoms with Gasteiger partial charge in [-0.3, -0.25) is 0 Å². The Balaban J connectivity index is 0.000000190. The van der Waals surface area contributed by atoms with Gasteiger partial charge in [0.25, 0.3) is 0 Å². The first-order valence-corrected chi connectivity index (χ1v) is 18.4. The molecule has 0 saturated heterocycles. The maximum absolute atomic E-state index is 13.5. The molecule has 284 valence electrons. The fourth-order valence-corrected chi connectivity index (χ4v) is 7.59. The fourth-order valence-electron chi connectivity index (χ4n) is 7.43. The van der Waals surface area contributed by atoms with Crippen molar-refractivity contribution in [2.24, 2.45) is 0 Å². The Morgan fingerprint density at radius 2 is 1.24 bits per heavy atom. The number of fused-ring (bicyclic) bond motifs is 2. The predicted molar refractivity (Wildman–Crippen MR) is 213 cm³/mol. The monoisotopic (exact) mass is 764 g/mol. The van der Waals surface area contributed by atoms with E-state index in [1.54, 1.807) is 31.2 Å². The average Bonchev–Trinajstić information content (AvgIpc) is 3.78. The Kier molecular flexibility index (Phi) is 9.93. The zero-order chi connectivity index (χ0) is 39.2. The van der Waals surface area contributed by atoms with Crippen molar-refractivity contribution >= 4 is 46.2 Å². The van der Waals surface area contributed by atoms with Crippen molar-refractivity contribution in [3.63, 3.8) is 0 Å². The topological polar surface area (TPSA) is 121 Å². The number of halogens is 3. The summed E-state index contributed by atoms with van der Waals surface area (Å²) >= 11 is 6.03. The Morgan fingerprint density at radius 3 is 1.73 bits per heavy atom. The number of hydrogen-bond acceptors (Lipinski definition) is 11. The lowest BCUT2D eigenvalue weighted by atomic mass is 9.88. The van der Waals surface area contributed by atoms with Crippen molar-refractivity contribution in [1.82, 2.24) is 30.1 Å². The SMILES string of the molecule is CNc1nc(Cc2ccc(-c3nnc(C)o3)c(C)c2)nc2c1C(C)(C)CN2c1ccc(F)cc1.CNc1nc(Cl)nc2c1C(C)(C)CN2c1ccc(F)cc1. The molecule has 0 bridgehead atoms. The highest BCUT2D eigenvalue weighted by molar-refractivity contribution is 6.28. The van der Waals surface area contributed by atoms with Crippen molar-refractivity contribution < 1.29 is 13.2 Å². The average molecular weight is 765 g/mol. The van der Waals surface area contributed by atoms with Crippen LogP contribution in [0.5, 0.6) is 0 Å². The Labute approximate surface area is 324 Å². The normalized spacial score (nSPS) is 15.0. The van der Waals surface area contributed by atoms with Crippen molar-refractivity contribution in [3.05, 3.63) is 118 Å². The van der Waals surface area contributed by atoms with E-state index in [9.17, 15) is 8.78 Å². The number of nitrogens with one attached hydrogen (secondary N) is 2. The molecule has 5 heterocycles. The van der Waals surface area contributed by atoms with Crippen LogP contribution in [0.4, 0.5) is 43.4 Å². The highest BCUT2D eigenvalue weighted by atomic mass is 35.5. The van der Waals surface area contributed by atoms with Crippen LogP contribution in [-0.2, 0) is 17.3 Å². The summed E-state index contributed by atoms with van der Waals surface area (Å²) in [6, 6.07) is 19.1. The molecule has 8 rings (SSSR count). The van der Waals surface area contributed by atoms with Crippen LogP contribution in [0.25, 0.3) is 11.5 Å². The summed E-state index contributed by atoms with van der Waals surface area (Å²) in [5.74, 6) is 4.46. The first kappa shape index (κ1) is 37.6. The summed E-state index contributed by atoms with van der Waals surface area (Å²) in [5, 5.41) is 14.6. The maximum Gasteiger partial charge on any atom is 0.247 e. The first-order chi connectivity index (χ1) is 26.2. The third-order valence-electron chi connectivity index (χ3n) is 9.93. The third kappa shape index (κ3) is 7.40. The molecule has 2 aliphatic rings. The lowest BCUT2D eigenvalue weighted by Crippen LogP contribution is -2.25. The minimum absolute atomic E-state index is 0.132. The molecule has 14 heteroatoms. The largest absolute Gasteiger partial charge is 0.421 e. The molecule has 2 N–H and O–H groups in total. The number of aromatic nitrogens is 6. The van der Waals surface area contributed by atoms with Gasteiger partial charge in [0.1, 0.15) is 40.7 Å². The Morgan fingerprint density at radius 1 is 0.709 bits per heavy atom. The van der Waals surface area contributed by atoms with Crippen LogP contribution in [0.15, 0.2) is 71.1 Å². The summed E-state index contributed by atoms with van der Waals surface area (Å²) in [7, 11) is 3.70. The molecule has 11 nitrogen and oxygen atoms in total. The van der Waals surface area contributed by atoms with Gasteiger partial charge in [0.2, 0.25) is 17.1 Å². The van der Waals surface area contributed by atoms with E-state index in [1.807, 2.05) is 38.1 Å². The van der Waals surface area contributed by atoms with Gasteiger partial charge in [-0.2, -0.15) is 4.98 Å². The molecule has 6 aromatic rings. The first-order valence-electron chi connectivity index (χ1n) is 18.0. The van der Waals surface area contributed by atoms with Crippen molar-refractivity contribution in [3.8, 4) is 11.5 Å². The van der Waals surface area contributed by atoms with E-state index in [1.165, 1.54) is 24.3 Å². The van der Waals surface area contributed by atoms with Crippen molar-refractivity contribution in [2.45, 2.75) is 58.8 Å². The molecule has 0 fully saturated rings. The van der Waals surface area contributed by atoms with E-state index >= 15 is 0 Å². The molecule has 3 aromatic heterocycles. The quantitative estimate of drug-likeness (QED) is 0.152. The number of aryl methyl sites for hydroxylation is 2. The molecular formula is C41H43ClF2N10O. The van der Waals surface area contributed by atoms with E-state index in [4.69, 9.17) is 26.0 Å². The van der Waals surface area contributed by atoms with E-state index in [0.29, 0.717) is 24.0 Å². The molecule has 0 spiro atoms. The van der Waals surface area contributed by atoms with Crippen LogP contribution in [-0.4, -0.2) is 57.3 Å². The van der Waals surface area contributed by atoms with E-state index in [-0.39, 0.29) is 27.7 Å². The Hall–Kier alpha value is -5.69.